The number of benzene rings is 1. The van der Waals surface area contributed by atoms with Gasteiger partial charge in [0.2, 0.25) is 0 Å². The molecule has 1 aromatic heterocycles. The molecule has 1 aromatic carbocycles. The summed E-state index contributed by atoms with van der Waals surface area (Å²) in [7, 11) is 1.73. The molecule has 1 unspecified atom stereocenters. The van der Waals surface area contributed by atoms with E-state index in [1.165, 1.54) is 0 Å². The Balaban J connectivity index is 2.31. The molecule has 19 heavy (non-hydrogen) atoms. The summed E-state index contributed by atoms with van der Waals surface area (Å²) in [4.78, 5) is 4.19. The van der Waals surface area contributed by atoms with Crippen LogP contribution in [-0.2, 0) is 4.74 Å². The van der Waals surface area contributed by atoms with E-state index in [1.807, 2.05) is 24.4 Å². The maximum Gasteiger partial charge on any atom is 0.0664 e. The van der Waals surface area contributed by atoms with Crippen LogP contribution in [0.2, 0.25) is 0 Å². The number of hydrogen-bond acceptors (Lipinski definition) is 4. The summed E-state index contributed by atoms with van der Waals surface area (Å²) in [6, 6.07) is 6.20. The Bertz CT molecular complexity index is 536. The molecule has 0 aliphatic rings. The zero-order valence-corrected chi connectivity index (χ0v) is 11.5. The number of nitrogens with one attached hydrogen (secondary N) is 1. The molecule has 0 fully saturated rings. The number of fused-ring (bicyclic) bond motifs is 1. The van der Waals surface area contributed by atoms with Gasteiger partial charge in [-0.1, -0.05) is 13.3 Å². The molecule has 4 heteroatoms. The third-order valence-electron chi connectivity index (χ3n) is 3.22. The Morgan fingerprint density at radius 1 is 1.32 bits per heavy atom. The van der Waals surface area contributed by atoms with Gasteiger partial charge in [-0.15, -0.1) is 0 Å². The molecule has 0 aliphatic carbocycles. The van der Waals surface area contributed by atoms with E-state index in [0.29, 0.717) is 12.6 Å². The maximum atomic E-state index is 5.99. The van der Waals surface area contributed by atoms with E-state index in [9.17, 15) is 0 Å². The summed E-state index contributed by atoms with van der Waals surface area (Å²) in [5.74, 6) is 0. The molecule has 4 nitrogen and oxygen atoms in total. The summed E-state index contributed by atoms with van der Waals surface area (Å²) in [5.41, 5.74) is 7.84. The van der Waals surface area contributed by atoms with Crippen molar-refractivity contribution in [1.29, 1.82) is 0 Å². The number of pyridine rings is 1. The van der Waals surface area contributed by atoms with Crippen molar-refractivity contribution in [3.05, 3.63) is 30.6 Å². The lowest BCUT2D eigenvalue weighted by molar-refractivity contribution is 0.182. The largest absolute Gasteiger partial charge is 0.398 e. The van der Waals surface area contributed by atoms with E-state index < -0.39 is 0 Å². The molecule has 0 radical (unpaired) electrons. The molecule has 0 amide bonds. The average molecular weight is 259 g/mol. The molecule has 0 spiro atoms. The number of aromatic nitrogens is 1. The van der Waals surface area contributed by atoms with Gasteiger partial charge in [-0.3, -0.25) is 4.98 Å². The first-order valence-electron chi connectivity index (χ1n) is 6.64. The first kappa shape index (κ1) is 13.6. The molecule has 0 aliphatic heterocycles. The van der Waals surface area contributed by atoms with E-state index >= 15 is 0 Å². The van der Waals surface area contributed by atoms with Gasteiger partial charge < -0.3 is 15.8 Å². The van der Waals surface area contributed by atoms with Crippen LogP contribution in [0.25, 0.3) is 10.8 Å². The van der Waals surface area contributed by atoms with Crippen LogP contribution in [-0.4, -0.2) is 24.7 Å². The van der Waals surface area contributed by atoms with Crippen molar-refractivity contribution in [2.24, 2.45) is 0 Å². The van der Waals surface area contributed by atoms with Gasteiger partial charge >= 0.3 is 0 Å². The van der Waals surface area contributed by atoms with Gasteiger partial charge in [0.1, 0.15) is 0 Å². The Labute approximate surface area is 114 Å². The van der Waals surface area contributed by atoms with E-state index in [-0.39, 0.29) is 0 Å². The Hall–Kier alpha value is -1.81. The number of hydrogen-bond donors (Lipinski definition) is 2. The summed E-state index contributed by atoms with van der Waals surface area (Å²) < 4.78 is 5.26. The third-order valence-corrected chi connectivity index (χ3v) is 3.22. The number of nitrogens with two attached hydrogens (primary N) is 1. The van der Waals surface area contributed by atoms with E-state index in [0.717, 1.165) is 35.0 Å². The van der Waals surface area contributed by atoms with Crippen molar-refractivity contribution in [3.63, 3.8) is 0 Å². The third kappa shape index (κ3) is 3.15. The summed E-state index contributed by atoms with van der Waals surface area (Å²) in [6.07, 6.45) is 5.80. The molecule has 1 heterocycles. The second-order valence-corrected chi connectivity index (χ2v) is 4.71. The monoisotopic (exact) mass is 259 g/mol. The van der Waals surface area contributed by atoms with Crippen LogP contribution >= 0.6 is 0 Å². The van der Waals surface area contributed by atoms with Crippen LogP contribution in [0.15, 0.2) is 30.6 Å². The predicted octanol–water partition coefficient (Wildman–Crippen LogP) is 3.04. The molecule has 1 atom stereocenters. The van der Waals surface area contributed by atoms with Gasteiger partial charge in [0.15, 0.2) is 0 Å². The molecule has 3 N–H and O–H groups in total. The fourth-order valence-corrected chi connectivity index (χ4v) is 2.31. The summed E-state index contributed by atoms with van der Waals surface area (Å²) in [6.45, 7) is 2.87. The Morgan fingerprint density at radius 2 is 2.16 bits per heavy atom. The number of anilines is 2. The first-order valence-corrected chi connectivity index (χ1v) is 6.64. The normalized spacial score (nSPS) is 12.5. The highest BCUT2D eigenvalue weighted by Gasteiger charge is 2.10. The molecule has 0 saturated heterocycles. The number of nitrogen functional groups attached to an aromatic ring is 1. The lowest BCUT2D eigenvalue weighted by Gasteiger charge is -2.20. The van der Waals surface area contributed by atoms with E-state index in [4.69, 9.17) is 10.5 Å². The summed E-state index contributed by atoms with van der Waals surface area (Å²) >= 11 is 0. The van der Waals surface area contributed by atoms with Crippen molar-refractivity contribution < 1.29 is 4.74 Å². The lowest BCUT2D eigenvalue weighted by Crippen LogP contribution is -2.24. The molecular weight excluding hydrogens is 238 g/mol. The predicted molar refractivity (Wildman–Crippen MR) is 80.4 cm³/mol. The molecule has 2 aromatic rings. The van der Waals surface area contributed by atoms with Crippen LogP contribution in [0.5, 0.6) is 0 Å². The lowest BCUT2D eigenvalue weighted by atomic mass is 10.1. The topological polar surface area (TPSA) is 60.2 Å². The highest BCUT2D eigenvalue weighted by molar-refractivity contribution is 6.00. The second kappa shape index (κ2) is 6.38. The van der Waals surface area contributed by atoms with Gasteiger partial charge in [-0.25, -0.2) is 0 Å². The van der Waals surface area contributed by atoms with Crippen LogP contribution in [0.4, 0.5) is 11.4 Å². The minimum absolute atomic E-state index is 0.307. The SMILES string of the molecule is CCCC(COC)Nc1ccc(N)c2ccncc12. The highest BCUT2D eigenvalue weighted by Crippen LogP contribution is 2.28. The minimum Gasteiger partial charge on any atom is -0.398 e. The molecule has 2 rings (SSSR count). The number of methoxy groups -OCH3 is 1. The van der Waals surface area contributed by atoms with E-state index in [1.54, 1.807) is 13.3 Å². The van der Waals surface area contributed by atoms with Gasteiger partial charge in [-0.05, 0) is 24.6 Å². The first-order chi connectivity index (χ1) is 9.26. The van der Waals surface area contributed by atoms with Crippen LogP contribution in [0.3, 0.4) is 0 Å². The summed E-state index contributed by atoms with van der Waals surface area (Å²) in [5, 5.41) is 5.62. The van der Waals surface area contributed by atoms with Crippen molar-refractivity contribution in [2.75, 3.05) is 24.8 Å². The maximum absolute atomic E-state index is 5.99. The zero-order valence-electron chi connectivity index (χ0n) is 11.5. The number of nitrogens with zero attached hydrogens (tertiary/aromatic N) is 1. The second-order valence-electron chi connectivity index (χ2n) is 4.71. The molecule has 0 saturated carbocycles. The van der Waals surface area contributed by atoms with Crippen LogP contribution in [0.1, 0.15) is 19.8 Å². The van der Waals surface area contributed by atoms with Gasteiger partial charge in [0, 0.05) is 47.7 Å². The van der Waals surface area contributed by atoms with Crippen molar-refractivity contribution in [3.8, 4) is 0 Å². The molecular formula is C15H21N3O. The number of rotatable bonds is 6. The molecule has 102 valence electrons. The fourth-order valence-electron chi connectivity index (χ4n) is 2.31. The van der Waals surface area contributed by atoms with Crippen LogP contribution in [0, 0.1) is 0 Å². The van der Waals surface area contributed by atoms with E-state index in [2.05, 4.69) is 17.2 Å². The standard InChI is InChI=1S/C15H21N3O/c1-3-4-11(10-19-2)18-15-6-5-14(16)12-7-8-17-9-13(12)15/h5-9,11,18H,3-4,10,16H2,1-2H3. The van der Waals surface area contributed by atoms with Gasteiger partial charge in [-0.2, -0.15) is 0 Å². The van der Waals surface area contributed by atoms with Crippen LogP contribution < -0.4 is 11.1 Å². The zero-order chi connectivity index (χ0) is 13.7. The Kier molecular flexibility index (Phi) is 4.58. The average Bonchev–Trinajstić information content (AvgIpc) is 2.43. The van der Waals surface area contributed by atoms with Crippen molar-refractivity contribution in [1.82, 2.24) is 4.98 Å². The fraction of sp³-hybridized carbons (Fsp3) is 0.400. The van der Waals surface area contributed by atoms with Gasteiger partial charge in [0.25, 0.3) is 0 Å². The number of ether oxygens (including phenoxy) is 1. The molecule has 0 bridgehead atoms. The van der Waals surface area contributed by atoms with Crippen molar-refractivity contribution >= 4 is 22.1 Å². The highest BCUT2D eigenvalue weighted by atomic mass is 16.5. The Morgan fingerprint density at radius 3 is 2.89 bits per heavy atom. The quantitative estimate of drug-likeness (QED) is 0.783. The minimum atomic E-state index is 0.307. The van der Waals surface area contributed by atoms with Crippen molar-refractivity contribution in [2.45, 2.75) is 25.8 Å². The smallest absolute Gasteiger partial charge is 0.0664 e. The van der Waals surface area contributed by atoms with Gasteiger partial charge in [0.05, 0.1) is 6.61 Å².